The summed E-state index contributed by atoms with van der Waals surface area (Å²) < 4.78 is 41.2. The van der Waals surface area contributed by atoms with E-state index in [1.807, 2.05) is 6.92 Å². The van der Waals surface area contributed by atoms with E-state index in [9.17, 15) is 14.0 Å². The maximum absolute atomic E-state index is 13.3. The fourth-order valence-electron chi connectivity index (χ4n) is 3.87. The third-order valence-electron chi connectivity index (χ3n) is 6.48. The molecule has 1 aromatic heterocycles. The summed E-state index contributed by atoms with van der Waals surface area (Å²) in [5, 5.41) is 0. The molecular formula is C30H57Cl2NO6P2. The largest absolute Gasteiger partial charge is 0.776 e. The molecule has 0 fully saturated rings. The van der Waals surface area contributed by atoms with Crippen LogP contribution in [0.15, 0.2) is 30.6 Å². The zero-order chi connectivity index (χ0) is 30.9. The number of pyridine rings is 1. The number of nitrogens with zero attached hydrogens (tertiary/aromatic N) is 1. The highest BCUT2D eigenvalue weighted by atomic mass is 35.5. The van der Waals surface area contributed by atoms with Crippen LogP contribution in [0, 0.1) is 0 Å². The second-order valence-electron chi connectivity index (χ2n) is 10.4. The summed E-state index contributed by atoms with van der Waals surface area (Å²) in [5.41, 5.74) is 0. The smallest absolute Gasteiger partial charge is 0.375 e. The van der Waals surface area contributed by atoms with E-state index in [0.717, 1.165) is 57.8 Å². The fourth-order valence-corrected chi connectivity index (χ4v) is 8.11. The number of aryl methyl sites for hydroxylation is 1. The number of hydrogen-bond acceptors (Lipinski definition) is 6. The second-order valence-corrected chi connectivity index (χ2v) is 17.2. The Morgan fingerprint density at radius 2 is 1.00 bits per heavy atom. The third-order valence-corrected chi connectivity index (χ3v) is 13.3. The Morgan fingerprint density at radius 1 is 0.610 bits per heavy atom. The highest BCUT2D eigenvalue weighted by Crippen LogP contribution is 2.78. The van der Waals surface area contributed by atoms with Crippen molar-refractivity contribution < 1.29 is 32.2 Å². The van der Waals surface area contributed by atoms with Crippen LogP contribution >= 0.6 is 38.4 Å². The molecule has 1 aromatic rings. The van der Waals surface area contributed by atoms with Gasteiger partial charge in [-0.05, 0) is 25.7 Å². The lowest BCUT2D eigenvalue weighted by molar-refractivity contribution is -0.697. The minimum absolute atomic E-state index is 0.0595. The first-order chi connectivity index (χ1) is 19.6. The van der Waals surface area contributed by atoms with E-state index in [4.69, 9.17) is 36.8 Å². The number of unbranched alkanes of at least 4 members (excludes halogenated alkanes) is 12. The van der Waals surface area contributed by atoms with Gasteiger partial charge in [0.15, 0.2) is 20.0 Å². The van der Waals surface area contributed by atoms with Crippen molar-refractivity contribution in [3.05, 3.63) is 30.6 Å². The summed E-state index contributed by atoms with van der Waals surface area (Å²) >= 11 is 12.2. The Labute approximate surface area is 261 Å². The first-order valence-electron chi connectivity index (χ1n) is 15.8. The Bertz CT molecular complexity index is 814. The van der Waals surface area contributed by atoms with Gasteiger partial charge in [0, 0.05) is 18.6 Å². The maximum Gasteiger partial charge on any atom is 0.375 e. The molecule has 1 unspecified atom stereocenters. The van der Waals surface area contributed by atoms with Crippen molar-refractivity contribution in [2.45, 2.75) is 141 Å². The van der Waals surface area contributed by atoms with Gasteiger partial charge in [0.1, 0.15) is 6.54 Å². The first kappa shape index (κ1) is 41.0. The predicted octanol–water partition coefficient (Wildman–Crippen LogP) is 10.2. The summed E-state index contributed by atoms with van der Waals surface area (Å²) in [5.74, 6) is 0. The van der Waals surface area contributed by atoms with Gasteiger partial charge in [-0.3, -0.25) is 4.57 Å². The normalized spacial score (nSPS) is 13.4. The van der Waals surface area contributed by atoms with Gasteiger partial charge in [-0.2, -0.15) is 0 Å². The summed E-state index contributed by atoms with van der Waals surface area (Å²) in [6, 6.07) is 6.22. The van der Waals surface area contributed by atoms with Crippen molar-refractivity contribution in [3.63, 3.8) is 0 Å². The first-order valence-corrected chi connectivity index (χ1v) is 19.6. The van der Waals surface area contributed by atoms with Gasteiger partial charge in [0.25, 0.3) is 3.82 Å². The molecule has 0 aromatic carbocycles. The molecule has 1 atom stereocenters. The predicted molar refractivity (Wildman–Crippen MR) is 171 cm³/mol. The van der Waals surface area contributed by atoms with E-state index in [1.165, 1.54) is 32.2 Å². The van der Waals surface area contributed by atoms with Crippen LogP contribution in [0.1, 0.15) is 130 Å². The molecule has 0 N–H and O–H groups in total. The van der Waals surface area contributed by atoms with Gasteiger partial charge in [-0.25, -0.2) is 4.57 Å². The molecule has 41 heavy (non-hydrogen) atoms. The van der Waals surface area contributed by atoms with Crippen LogP contribution in [0.4, 0.5) is 0 Å². The van der Waals surface area contributed by atoms with Crippen LogP contribution < -0.4 is 9.46 Å². The number of rotatable bonds is 25. The Hall–Kier alpha value is 0.0300. The van der Waals surface area contributed by atoms with Gasteiger partial charge in [-0.15, -0.1) is 0 Å². The highest BCUT2D eigenvalue weighted by molar-refractivity contribution is 7.79. The molecule has 0 bridgehead atoms. The van der Waals surface area contributed by atoms with Crippen LogP contribution in [0.25, 0.3) is 0 Å². The van der Waals surface area contributed by atoms with Crippen LogP contribution in [0.3, 0.4) is 0 Å². The van der Waals surface area contributed by atoms with Crippen molar-refractivity contribution in [1.29, 1.82) is 0 Å². The number of aromatic nitrogens is 1. The summed E-state index contributed by atoms with van der Waals surface area (Å²) in [7, 11) is -9.29. The molecule has 242 valence electrons. The quantitative estimate of drug-likeness (QED) is 0.0449. The molecule has 1 rings (SSSR count). The SMILES string of the molecule is CCCCCCOP(=O)([O-])C(Cl)(Cl)P(=O)(OCCCCCC)OCCCCCC.CCCCCC[n+]1ccccc1. The molecule has 0 amide bonds. The van der Waals surface area contributed by atoms with Crippen LogP contribution in [0.2, 0.25) is 0 Å². The zero-order valence-electron chi connectivity index (χ0n) is 26.1. The molecule has 11 heteroatoms. The monoisotopic (exact) mass is 659 g/mol. The third kappa shape index (κ3) is 18.4. The van der Waals surface area contributed by atoms with E-state index in [2.05, 4.69) is 55.9 Å². The standard InChI is InChI=1S/C19H40Cl2O6P2.C11H18N/c1-4-7-10-13-16-25-28(22,23)19(20,21)29(24,26-17-14-11-8-5-2)27-18-15-12-9-6-3;1-2-3-4-6-9-12-10-7-5-8-11-12/h4-18H2,1-3H3,(H,22,23);5,7-8,10-11H,2-4,6,9H2,1H3/q;+1/p-1. The molecule has 0 saturated heterocycles. The van der Waals surface area contributed by atoms with Crippen LogP contribution in [-0.2, 0) is 29.2 Å². The molecule has 0 radical (unpaired) electrons. The topological polar surface area (TPSA) is 88.8 Å². The lowest BCUT2D eigenvalue weighted by atomic mass is 10.2. The van der Waals surface area contributed by atoms with Gasteiger partial charge < -0.3 is 23.0 Å². The van der Waals surface area contributed by atoms with E-state index < -0.39 is 19.0 Å². The molecule has 1 heterocycles. The van der Waals surface area contributed by atoms with Gasteiger partial charge >= 0.3 is 7.60 Å². The van der Waals surface area contributed by atoms with Crippen LogP contribution in [-0.4, -0.2) is 23.6 Å². The Balaban J connectivity index is 0.00000110. The number of halogens is 2. The van der Waals surface area contributed by atoms with Crippen molar-refractivity contribution in [1.82, 2.24) is 0 Å². The average molecular weight is 661 g/mol. The minimum Gasteiger partial charge on any atom is -0.776 e. The van der Waals surface area contributed by atoms with Gasteiger partial charge in [0.2, 0.25) is 0 Å². The van der Waals surface area contributed by atoms with Crippen molar-refractivity contribution in [3.8, 4) is 0 Å². The molecular weight excluding hydrogens is 603 g/mol. The lowest BCUT2D eigenvalue weighted by Crippen LogP contribution is -2.32. The van der Waals surface area contributed by atoms with E-state index in [0.29, 0.717) is 19.3 Å². The lowest BCUT2D eigenvalue weighted by Gasteiger charge is -2.38. The summed E-state index contributed by atoms with van der Waals surface area (Å²) in [4.78, 5) is 12.6. The minimum atomic E-state index is -4.92. The molecule has 0 aliphatic carbocycles. The van der Waals surface area contributed by atoms with Crippen molar-refractivity contribution >= 4 is 38.4 Å². The molecule has 0 saturated carbocycles. The number of alkyl halides is 2. The van der Waals surface area contributed by atoms with E-state index in [1.54, 1.807) is 0 Å². The van der Waals surface area contributed by atoms with Crippen molar-refractivity contribution in [2.75, 3.05) is 19.8 Å². The zero-order valence-corrected chi connectivity index (χ0v) is 29.4. The number of hydrogen-bond donors (Lipinski definition) is 0. The molecule has 0 aliphatic rings. The second kappa shape index (κ2) is 25.4. The molecule has 0 aliphatic heterocycles. The Morgan fingerprint density at radius 3 is 1.41 bits per heavy atom. The highest BCUT2D eigenvalue weighted by Gasteiger charge is 2.57. The fraction of sp³-hybridized carbons (Fsp3) is 0.833. The van der Waals surface area contributed by atoms with Crippen LogP contribution in [0.5, 0.6) is 0 Å². The molecule has 7 nitrogen and oxygen atoms in total. The molecule has 0 spiro atoms. The summed E-state index contributed by atoms with van der Waals surface area (Å²) in [6.45, 7) is 9.66. The van der Waals surface area contributed by atoms with Crippen molar-refractivity contribution in [2.24, 2.45) is 0 Å². The maximum atomic E-state index is 13.3. The van der Waals surface area contributed by atoms with Gasteiger partial charge in [-0.1, -0.05) is 128 Å². The average Bonchev–Trinajstić information content (AvgIpc) is 2.96. The Kier molecular flexibility index (Phi) is 25.4. The van der Waals surface area contributed by atoms with E-state index in [-0.39, 0.29) is 19.8 Å². The van der Waals surface area contributed by atoms with E-state index >= 15 is 0 Å². The summed E-state index contributed by atoms with van der Waals surface area (Å²) in [6.07, 6.45) is 20.0. The van der Waals surface area contributed by atoms with Gasteiger partial charge in [0.05, 0.1) is 19.8 Å².